The minimum atomic E-state index is 0.274. The van der Waals surface area contributed by atoms with Crippen LogP contribution >= 0.6 is 15.9 Å². The van der Waals surface area contributed by atoms with Gasteiger partial charge in [-0.15, -0.1) is 0 Å². The zero-order chi connectivity index (χ0) is 10.1. The number of oxime groups is 1. The van der Waals surface area contributed by atoms with E-state index in [9.17, 15) is 0 Å². The van der Waals surface area contributed by atoms with Crippen molar-refractivity contribution in [3.05, 3.63) is 0 Å². The first-order valence-corrected chi connectivity index (χ1v) is 5.71. The monoisotopic (exact) mass is 247 g/mol. The molecule has 1 aliphatic carbocycles. The first-order valence-electron chi connectivity index (χ1n) is 4.80. The van der Waals surface area contributed by atoms with E-state index in [2.05, 4.69) is 41.9 Å². The highest BCUT2D eigenvalue weighted by Crippen LogP contribution is 2.38. The van der Waals surface area contributed by atoms with Crippen LogP contribution in [0.3, 0.4) is 0 Å². The lowest BCUT2D eigenvalue weighted by Crippen LogP contribution is -2.32. The average Bonchev–Trinajstić information content (AvgIpc) is 2.02. The molecule has 0 aromatic rings. The summed E-state index contributed by atoms with van der Waals surface area (Å²) in [4.78, 5) is 0.274. The van der Waals surface area contributed by atoms with Crippen molar-refractivity contribution in [3.8, 4) is 0 Å². The fourth-order valence-electron chi connectivity index (χ4n) is 1.88. The Bertz CT molecular complexity index is 207. The number of alkyl halides is 1. The Kier molecular flexibility index (Phi) is 3.38. The Hall–Kier alpha value is -0.0500. The zero-order valence-corrected chi connectivity index (χ0v) is 10.1. The molecule has 0 amide bonds. The molecule has 0 unspecified atom stereocenters. The summed E-state index contributed by atoms with van der Waals surface area (Å²) in [6.07, 6.45) is 3.16. The predicted molar refractivity (Wildman–Crippen MR) is 58.7 cm³/mol. The minimum absolute atomic E-state index is 0.274. The fourth-order valence-corrected chi connectivity index (χ4v) is 2.65. The molecule has 0 aliphatic heterocycles. The van der Waals surface area contributed by atoms with Crippen LogP contribution in [0.25, 0.3) is 0 Å². The zero-order valence-electron chi connectivity index (χ0n) is 8.55. The lowest BCUT2D eigenvalue weighted by atomic mass is 9.72. The highest BCUT2D eigenvalue weighted by Gasteiger charge is 2.32. The molecular weight excluding hydrogens is 230 g/mol. The van der Waals surface area contributed by atoms with Crippen molar-refractivity contribution in [1.29, 1.82) is 0 Å². The van der Waals surface area contributed by atoms with Gasteiger partial charge in [0.2, 0.25) is 0 Å². The highest BCUT2D eigenvalue weighted by atomic mass is 79.9. The van der Waals surface area contributed by atoms with Crippen LogP contribution in [0, 0.1) is 11.3 Å². The summed E-state index contributed by atoms with van der Waals surface area (Å²) in [5, 5.41) is 12.0. The predicted octanol–water partition coefficient (Wildman–Crippen LogP) is 3.43. The van der Waals surface area contributed by atoms with E-state index >= 15 is 0 Å². The summed E-state index contributed by atoms with van der Waals surface area (Å²) < 4.78 is 0. The molecular formula is C10H18BrNO. The smallest absolute Gasteiger partial charge is 0.0707 e. The number of rotatable bonds is 0. The van der Waals surface area contributed by atoms with Crippen LogP contribution in [0.2, 0.25) is 0 Å². The Morgan fingerprint density at radius 2 is 2.08 bits per heavy atom. The van der Waals surface area contributed by atoms with Crippen molar-refractivity contribution in [1.82, 2.24) is 0 Å². The van der Waals surface area contributed by atoms with E-state index in [1.807, 2.05) is 0 Å². The molecule has 0 aromatic carbocycles. The lowest BCUT2D eigenvalue weighted by Gasteiger charge is -2.36. The van der Waals surface area contributed by atoms with E-state index in [-0.39, 0.29) is 4.83 Å². The van der Waals surface area contributed by atoms with E-state index < -0.39 is 0 Å². The Morgan fingerprint density at radius 1 is 1.46 bits per heavy atom. The first-order chi connectivity index (χ1) is 5.95. The molecule has 0 heterocycles. The molecule has 2 nitrogen and oxygen atoms in total. The maximum Gasteiger partial charge on any atom is 0.0707 e. The Morgan fingerprint density at radius 3 is 2.46 bits per heavy atom. The molecule has 0 aromatic heterocycles. The molecule has 0 spiro atoms. The topological polar surface area (TPSA) is 32.6 Å². The molecule has 1 rings (SSSR count). The van der Waals surface area contributed by atoms with Gasteiger partial charge in [-0.05, 0) is 30.6 Å². The fraction of sp³-hybridized carbons (Fsp3) is 0.900. The molecule has 1 aliphatic rings. The second-order valence-electron chi connectivity index (χ2n) is 4.90. The summed E-state index contributed by atoms with van der Waals surface area (Å²) in [6, 6.07) is 0. The molecule has 13 heavy (non-hydrogen) atoms. The van der Waals surface area contributed by atoms with Crippen molar-refractivity contribution in [3.63, 3.8) is 0 Å². The second-order valence-corrected chi connectivity index (χ2v) is 6.00. The molecule has 0 bridgehead atoms. The molecule has 3 heteroatoms. The van der Waals surface area contributed by atoms with Gasteiger partial charge in [0.25, 0.3) is 0 Å². The SMILES string of the molecule is CC(C)(C)[C@H]1CC/C(=N/O)[C@H](Br)C1. The van der Waals surface area contributed by atoms with Gasteiger partial charge in [0.05, 0.1) is 10.5 Å². The van der Waals surface area contributed by atoms with Crippen molar-refractivity contribution in [2.45, 2.75) is 44.9 Å². The van der Waals surface area contributed by atoms with Crippen LogP contribution in [0.4, 0.5) is 0 Å². The number of nitrogens with zero attached hydrogens (tertiary/aromatic N) is 1. The van der Waals surface area contributed by atoms with Gasteiger partial charge in [-0.25, -0.2) is 0 Å². The largest absolute Gasteiger partial charge is 0.411 e. The quantitative estimate of drug-likeness (QED) is 0.397. The summed E-state index contributed by atoms with van der Waals surface area (Å²) >= 11 is 3.56. The van der Waals surface area contributed by atoms with Crippen molar-refractivity contribution in [2.75, 3.05) is 0 Å². The maximum absolute atomic E-state index is 8.71. The highest BCUT2D eigenvalue weighted by molar-refractivity contribution is 9.10. The molecule has 0 radical (unpaired) electrons. The second kappa shape index (κ2) is 3.99. The van der Waals surface area contributed by atoms with Crippen LogP contribution in [-0.4, -0.2) is 15.7 Å². The normalized spacial score (nSPS) is 33.7. The van der Waals surface area contributed by atoms with Crippen molar-refractivity contribution < 1.29 is 5.21 Å². The third-order valence-electron chi connectivity index (χ3n) is 2.96. The van der Waals surface area contributed by atoms with Crippen LogP contribution in [-0.2, 0) is 0 Å². The Balaban J connectivity index is 2.61. The molecule has 1 fully saturated rings. The minimum Gasteiger partial charge on any atom is -0.411 e. The summed E-state index contributed by atoms with van der Waals surface area (Å²) in [5.74, 6) is 0.724. The van der Waals surface area contributed by atoms with Crippen molar-refractivity contribution >= 4 is 21.6 Å². The van der Waals surface area contributed by atoms with Crippen LogP contribution in [0.15, 0.2) is 5.16 Å². The van der Waals surface area contributed by atoms with Gasteiger partial charge in [0, 0.05) is 0 Å². The first kappa shape index (κ1) is 11.0. The third kappa shape index (κ3) is 2.70. The van der Waals surface area contributed by atoms with E-state index in [0.29, 0.717) is 5.41 Å². The molecule has 76 valence electrons. The van der Waals surface area contributed by atoms with Gasteiger partial charge in [0.1, 0.15) is 0 Å². The van der Waals surface area contributed by atoms with Crippen LogP contribution in [0.5, 0.6) is 0 Å². The van der Waals surface area contributed by atoms with Gasteiger partial charge in [-0.3, -0.25) is 0 Å². The average molecular weight is 248 g/mol. The van der Waals surface area contributed by atoms with E-state index in [1.165, 1.54) is 0 Å². The van der Waals surface area contributed by atoms with E-state index in [0.717, 1.165) is 30.9 Å². The van der Waals surface area contributed by atoms with Gasteiger partial charge in [-0.1, -0.05) is 41.9 Å². The molecule has 0 saturated heterocycles. The van der Waals surface area contributed by atoms with Gasteiger partial charge < -0.3 is 5.21 Å². The van der Waals surface area contributed by atoms with Crippen LogP contribution in [0.1, 0.15) is 40.0 Å². The van der Waals surface area contributed by atoms with E-state index in [4.69, 9.17) is 5.21 Å². The number of hydrogen-bond acceptors (Lipinski definition) is 2. The summed E-state index contributed by atoms with van der Waals surface area (Å²) in [5.41, 5.74) is 1.27. The Labute approximate surface area is 88.5 Å². The maximum atomic E-state index is 8.71. The van der Waals surface area contributed by atoms with Crippen LogP contribution < -0.4 is 0 Å². The van der Waals surface area contributed by atoms with Gasteiger partial charge in [0.15, 0.2) is 0 Å². The number of hydrogen-bond donors (Lipinski definition) is 1. The van der Waals surface area contributed by atoms with E-state index in [1.54, 1.807) is 0 Å². The number of halogens is 1. The standard InChI is InChI=1S/C10H18BrNO/c1-10(2,3)7-4-5-9(12-13)8(11)6-7/h7-8,13H,4-6H2,1-3H3/b12-9-/t7-,8+/m0/s1. The lowest BCUT2D eigenvalue weighted by molar-refractivity contribution is 0.208. The van der Waals surface area contributed by atoms with Crippen molar-refractivity contribution in [2.24, 2.45) is 16.5 Å². The summed E-state index contributed by atoms with van der Waals surface area (Å²) in [6.45, 7) is 6.83. The third-order valence-corrected chi connectivity index (χ3v) is 3.86. The van der Waals surface area contributed by atoms with Gasteiger partial charge in [-0.2, -0.15) is 0 Å². The van der Waals surface area contributed by atoms with Gasteiger partial charge >= 0.3 is 0 Å². The molecule has 1 saturated carbocycles. The molecule has 1 N–H and O–H groups in total. The molecule has 2 atom stereocenters. The summed E-state index contributed by atoms with van der Waals surface area (Å²) in [7, 11) is 0.